The average molecular weight is 352 g/mol. The normalized spacial score (nSPS) is 14.6. The van der Waals surface area contributed by atoms with Crippen molar-refractivity contribution in [3.8, 4) is 0 Å². The lowest BCUT2D eigenvalue weighted by atomic mass is 10.1. The molecule has 136 valence electrons. The van der Waals surface area contributed by atoms with E-state index in [1.807, 2.05) is 27.7 Å². The summed E-state index contributed by atoms with van der Waals surface area (Å²) in [5.41, 5.74) is 0. The van der Waals surface area contributed by atoms with Gasteiger partial charge in [0.05, 0.1) is 14.2 Å². The number of esters is 2. The number of carbonyl (C=O) groups is 2. The summed E-state index contributed by atoms with van der Waals surface area (Å²) in [5.74, 6) is -1.20. The summed E-state index contributed by atoms with van der Waals surface area (Å²) in [7, 11) is -1.71. The maximum Gasteiger partial charge on any atom is 0.323 e. The van der Waals surface area contributed by atoms with Gasteiger partial charge in [-0.05, 0) is 24.7 Å². The van der Waals surface area contributed by atoms with E-state index >= 15 is 0 Å². The monoisotopic (exact) mass is 352 g/mol. The zero-order valence-electron chi connectivity index (χ0n) is 14.6. The van der Waals surface area contributed by atoms with E-state index < -0.39 is 34.2 Å². The Bertz CT molecular complexity index is 451. The largest absolute Gasteiger partial charge is 0.468 e. The van der Waals surface area contributed by atoms with Gasteiger partial charge >= 0.3 is 11.9 Å². The molecule has 0 unspecified atom stereocenters. The highest BCUT2D eigenvalue weighted by Crippen LogP contribution is 2.10. The van der Waals surface area contributed by atoms with Crippen molar-refractivity contribution in [3.05, 3.63) is 0 Å². The molecule has 8 nitrogen and oxygen atoms in total. The Kier molecular flexibility index (Phi) is 9.33. The van der Waals surface area contributed by atoms with Gasteiger partial charge in [0.25, 0.3) is 10.2 Å². The van der Waals surface area contributed by atoms with Crippen molar-refractivity contribution >= 4 is 22.1 Å². The molecule has 0 rings (SSSR count). The summed E-state index contributed by atoms with van der Waals surface area (Å²) in [6.07, 6.45) is 0.557. The molecule has 0 aromatic carbocycles. The van der Waals surface area contributed by atoms with Crippen LogP contribution < -0.4 is 9.44 Å². The Hall–Kier alpha value is -1.19. The van der Waals surface area contributed by atoms with E-state index in [1.54, 1.807) is 0 Å². The smallest absolute Gasteiger partial charge is 0.323 e. The summed E-state index contributed by atoms with van der Waals surface area (Å²) < 4.78 is 38.1. The van der Waals surface area contributed by atoms with Gasteiger partial charge in [0.2, 0.25) is 0 Å². The topological polar surface area (TPSA) is 111 Å². The lowest BCUT2D eigenvalue weighted by Crippen LogP contribution is -2.52. The number of nitrogens with one attached hydrogen (secondary N) is 2. The van der Waals surface area contributed by atoms with Crippen LogP contribution in [0.3, 0.4) is 0 Å². The van der Waals surface area contributed by atoms with Crippen LogP contribution in [0.5, 0.6) is 0 Å². The molecule has 0 saturated heterocycles. The van der Waals surface area contributed by atoms with Crippen molar-refractivity contribution in [3.63, 3.8) is 0 Å². The van der Waals surface area contributed by atoms with Gasteiger partial charge in [0.15, 0.2) is 0 Å². The zero-order chi connectivity index (χ0) is 18.2. The summed E-state index contributed by atoms with van der Waals surface area (Å²) in [6, 6.07) is -2.04. The summed E-state index contributed by atoms with van der Waals surface area (Å²) in [5, 5.41) is 0. The fraction of sp³-hybridized carbons (Fsp3) is 0.857. The van der Waals surface area contributed by atoms with Crippen molar-refractivity contribution in [2.75, 3.05) is 14.2 Å². The van der Waals surface area contributed by atoms with Crippen LogP contribution in [0.4, 0.5) is 0 Å². The number of hydrogen-bond acceptors (Lipinski definition) is 6. The Morgan fingerprint density at radius 1 is 0.826 bits per heavy atom. The third-order valence-electron chi connectivity index (χ3n) is 2.98. The molecule has 0 aliphatic heterocycles. The minimum absolute atomic E-state index is 0.0777. The maximum atomic E-state index is 12.2. The predicted octanol–water partition coefficient (Wildman–Crippen LogP) is 0.586. The van der Waals surface area contributed by atoms with E-state index in [0.29, 0.717) is 0 Å². The first-order valence-electron chi connectivity index (χ1n) is 7.47. The first-order chi connectivity index (χ1) is 10.5. The Balaban J connectivity index is 5.11. The molecule has 0 aliphatic carbocycles. The van der Waals surface area contributed by atoms with E-state index in [0.717, 1.165) is 0 Å². The lowest BCUT2D eigenvalue weighted by Gasteiger charge is -2.22. The average Bonchev–Trinajstić information content (AvgIpc) is 2.42. The summed E-state index contributed by atoms with van der Waals surface area (Å²) >= 11 is 0. The van der Waals surface area contributed by atoms with Gasteiger partial charge in [-0.3, -0.25) is 9.59 Å². The molecule has 0 aliphatic rings. The molecule has 2 atom stereocenters. The lowest BCUT2D eigenvalue weighted by molar-refractivity contribution is -0.143. The van der Waals surface area contributed by atoms with Crippen molar-refractivity contribution < 1.29 is 27.5 Å². The van der Waals surface area contributed by atoms with Gasteiger partial charge in [0, 0.05) is 0 Å². The molecule has 9 heteroatoms. The van der Waals surface area contributed by atoms with Gasteiger partial charge in [-0.15, -0.1) is 0 Å². The molecular formula is C14H28N2O6S. The van der Waals surface area contributed by atoms with E-state index in [4.69, 9.17) is 0 Å². The number of hydrogen-bond donors (Lipinski definition) is 2. The summed E-state index contributed by atoms with van der Waals surface area (Å²) in [6.45, 7) is 7.42. The van der Waals surface area contributed by atoms with Crippen LogP contribution in [0, 0.1) is 11.8 Å². The minimum atomic E-state index is -4.08. The highest BCUT2D eigenvalue weighted by molar-refractivity contribution is 7.87. The highest BCUT2D eigenvalue weighted by Gasteiger charge is 2.30. The molecule has 0 saturated carbocycles. The van der Waals surface area contributed by atoms with Crippen LogP contribution in [-0.4, -0.2) is 46.7 Å². The number of rotatable bonds is 10. The fourth-order valence-corrected chi connectivity index (χ4v) is 3.22. The van der Waals surface area contributed by atoms with E-state index in [2.05, 4.69) is 18.9 Å². The van der Waals surface area contributed by atoms with Crippen molar-refractivity contribution in [2.45, 2.75) is 52.6 Å². The Labute approximate surface area is 138 Å². The molecule has 0 amide bonds. The Morgan fingerprint density at radius 2 is 1.13 bits per heavy atom. The van der Waals surface area contributed by atoms with Gasteiger partial charge in [-0.25, -0.2) is 0 Å². The van der Waals surface area contributed by atoms with Crippen LogP contribution in [0.25, 0.3) is 0 Å². The molecule has 0 fully saturated rings. The maximum absolute atomic E-state index is 12.2. The molecule has 0 spiro atoms. The second-order valence-electron chi connectivity index (χ2n) is 6.15. The molecule has 2 N–H and O–H groups in total. The standard InChI is InChI=1S/C14H28N2O6S/c1-9(2)7-11(13(17)21-5)15-23(19,20)16-12(8-10(3)4)14(18)22-6/h9-12,15-16H,7-8H2,1-6H3/t11-,12+. The fourth-order valence-electron chi connectivity index (χ4n) is 2.02. The van der Waals surface area contributed by atoms with Crippen molar-refractivity contribution in [1.82, 2.24) is 9.44 Å². The van der Waals surface area contributed by atoms with Crippen molar-refractivity contribution in [1.29, 1.82) is 0 Å². The number of methoxy groups -OCH3 is 2. The second-order valence-corrected chi connectivity index (χ2v) is 7.63. The van der Waals surface area contributed by atoms with Gasteiger partial charge in [0.1, 0.15) is 12.1 Å². The third-order valence-corrected chi connectivity index (χ3v) is 4.17. The van der Waals surface area contributed by atoms with Gasteiger partial charge < -0.3 is 9.47 Å². The van der Waals surface area contributed by atoms with Crippen LogP contribution in [0.2, 0.25) is 0 Å². The molecule has 0 aromatic heterocycles. The molecule has 0 bridgehead atoms. The second kappa shape index (κ2) is 9.84. The van der Waals surface area contributed by atoms with Gasteiger partial charge in [-0.2, -0.15) is 17.9 Å². The van der Waals surface area contributed by atoms with Crippen molar-refractivity contribution in [2.24, 2.45) is 11.8 Å². The van der Waals surface area contributed by atoms with Crippen LogP contribution in [0.1, 0.15) is 40.5 Å². The quantitative estimate of drug-likeness (QED) is 0.557. The number of ether oxygens (including phenoxy) is 2. The molecule has 23 heavy (non-hydrogen) atoms. The first-order valence-corrected chi connectivity index (χ1v) is 8.95. The minimum Gasteiger partial charge on any atom is -0.468 e. The molecule has 0 heterocycles. The van der Waals surface area contributed by atoms with Crippen LogP contribution in [-0.2, 0) is 29.3 Å². The van der Waals surface area contributed by atoms with Gasteiger partial charge in [-0.1, -0.05) is 27.7 Å². The van der Waals surface area contributed by atoms with E-state index in [-0.39, 0.29) is 24.7 Å². The zero-order valence-corrected chi connectivity index (χ0v) is 15.4. The SMILES string of the molecule is COC(=O)[C@H](CC(C)C)NS(=O)(=O)N[C@H](CC(C)C)C(=O)OC. The molecule has 0 aromatic rings. The van der Waals surface area contributed by atoms with E-state index in [1.165, 1.54) is 14.2 Å². The summed E-state index contributed by atoms with van der Waals surface area (Å²) in [4.78, 5) is 23.4. The van der Waals surface area contributed by atoms with Crippen LogP contribution in [0.15, 0.2) is 0 Å². The number of carbonyl (C=O) groups excluding carboxylic acids is 2. The predicted molar refractivity (Wildman–Crippen MR) is 85.7 cm³/mol. The molecule has 0 radical (unpaired) electrons. The highest BCUT2D eigenvalue weighted by atomic mass is 32.2. The molecular weight excluding hydrogens is 324 g/mol. The Morgan fingerprint density at radius 3 is 1.35 bits per heavy atom. The van der Waals surface area contributed by atoms with E-state index in [9.17, 15) is 18.0 Å². The third kappa shape index (κ3) is 8.87. The van der Waals surface area contributed by atoms with Crippen LogP contribution >= 0.6 is 0 Å². The first kappa shape index (κ1) is 21.8.